The third-order valence-electron chi connectivity index (χ3n) is 7.69. The number of aryl methyl sites for hydroxylation is 1. The van der Waals surface area contributed by atoms with Gasteiger partial charge < -0.3 is 20.3 Å². The molecule has 0 unspecified atom stereocenters. The maximum absolute atomic E-state index is 14.1. The number of primary amides is 1. The highest BCUT2D eigenvalue weighted by Crippen LogP contribution is 2.32. The quantitative estimate of drug-likeness (QED) is 0.281. The van der Waals surface area contributed by atoms with Gasteiger partial charge in [-0.05, 0) is 59.4 Å². The summed E-state index contributed by atoms with van der Waals surface area (Å²) in [6, 6.07) is 1.77. The van der Waals surface area contributed by atoms with Gasteiger partial charge in [-0.1, -0.05) is 24.0 Å². The van der Waals surface area contributed by atoms with E-state index in [1.54, 1.807) is 50.2 Å². The highest BCUT2D eigenvalue weighted by atomic mass is 32.1. The summed E-state index contributed by atoms with van der Waals surface area (Å²) in [6.45, 7) is 10.5. The Hall–Kier alpha value is -3.48. The summed E-state index contributed by atoms with van der Waals surface area (Å²) in [6.07, 6.45) is 6.41. The molecule has 0 spiro atoms. The van der Waals surface area contributed by atoms with E-state index >= 15 is 0 Å². The van der Waals surface area contributed by atoms with Crippen LogP contribution in [0.4, 0.5) is 0 Å². The normalized spacial score (nSPS) is 19.4. The summed E-state index contributed by atoms with van der Waals surface area (Å²) in [5, 5.41) is 15.3. The number of aliphatic hydroxyl groups is 1. The smallest absolute Gasteiger partial charge is 0.333 e. The van der Waals surface area contributed by atoms with Crippen molar-refractivity contribution in [3.05, 3.63) is 68.8 Å². The number of carbonyl (C=O) groups is 1. The van der Waals surface area contributed by atoms with Crippen LogP contribution in [0.5, 0.6) is 0 Å². The largest absolute Gasteiger partial charge is 0.501 e. The first-order valence-electron chi connectivity index (χ1n) is 13.2. The monoisotopic (exact) mass is 571 g/mol. The van der Waals surface area contributed by atoms with Gasteiger partial charge in [0.05, 0.1) is 37.0 Å². The SMILES string of the molecule is C=C/C(=C(\C)OC)[C@H](Cn1c(=O)n(C(C)(C)C(N)=O)c(=O)c2c(C)c(-n3cccn3)sc21)OC1CCC(O)CC1. The van der Waals surface area contributed by atoms with Gasteiger partial charge in [-0.25, -0.2) is 14.0 Å². The van der Waals surface area contributed by atoms with Crippen molar-refractivity contribution in [1.82, 2.24) is 18.9 Å². The molecule has 0 aromatic carbocycles. The van der Waals surface area contributed by atoms with E-state index in [-0.39, 0.29) is 18.8 Å². The zero-order valence-corrected chi connectivity index (χ0v) is 24.4. The molecule has 3 aromatic rings. The first-order valence-corrected chi connectivity index (χ1v) is 14.0. The average Bonchev–Trinajstić information content (AvgIpc) is 3.55. The second-order valence-corrected chi connectivity index (χ2v) is 11.6. The summed E-state index contributed by atoms with van der Waals surface area (Å²) in [5.41, 5.74) is 4.08. The molecular formula is C28H37N5O6S. The minimum Gasteiger partial charge on any atom is -0.501 e. The van der Waals surface area contributed by atoms with Gasteiger partial charge in [-0.15, -0.1) is 0 Å². The van der Waals surface area contributed by atoms with Crippen molar-refractivity contribution in [2.45, 2.75) is 83.8 Å². The minimum absolute atomic E-state index is 0.0179. The highest BCUT2D eigenvalue weighted by molar-refractivity contribution is 7.21. The number of ether oxygens (including phenoxy) is 2. The number of rotatable bonds is 10. The molecule has 12 heteroatoms. The van der Waals surface area contributed by atoms with E-state index in [4.69, 9.17) is 15.2 Å². The lowest BCUT2D eigenvalue weighted by Gasteiger charge is -2.31. The first kappa shape index (κ1) is 29.5. The van der Waals surface area contributed by atoms with E-state index in [2.05, 4.69) is 11.7 Å². The molecule has 3 aromatic heterocycles. The molecule has 0 saturated heterocycles. The van der Waals surface area contributed by atoms with Crippen LogP contribution in [0, 0.1) is 6.92 Å². The predicted molar refractivity (Wildman–Crippen MR) is 154 cm³/mol. The standard InChI is InChI=1S/C28H37N5O6S/c1-7-20(17(3)38-6)21(39-19-11-9-18(34)10-12-19)15-31-25-22(16(2)24(40-25)32-14-8-13-30-32)23(35)33(27(31)37)28(4,5)26(29)36/h7-8,13-14,18-19,21,34H,1,9-12,15H2,2-6H3,(H2,29,36)/b20-17-/t18?,19?,21-/m0/s1. The van der Waals surface area contributed by atoms with Crippen LogP contribution in [0.15, 0.2) is 52.0 Å². The number of aromatic nitrogens is 4. The van der Waals surface area contributed by atoms with Gasteiger partial charge in [0, 0.05) is 23.5 Å². The summed E-state index contributed by atoms with van der Waals surface area (Å²) < 4.78 is 16.1. The number of methoxy groups -OCH3 is 1. The van der Waals surface area contributed by atoms with Crippen molar-refractivity contribution >= 4 is 27.5 Å². The third-order valence-corrected chi connectivity index (χ3v) is 8.99. The topological polar surface area (TPSA) is 144 Å². The summed E-state index contributed by atoms with van der Waals surface area (Å²) >= 11 is 1.26. The lowest BCUT2D eigenvalue weighted by Crippen LogP contribution is -2.55. The van der Waals surface area contributed by atoms with Crippen LogP contribution in [0.1, 0.15) is 52.0 Å². The van der Waals surface area contributed by atoms with Crippen molar-refractivity contribution in [3.8, 4) is 5.00 Å². The van der Waals surface area contributed by atoms with Gasteiger partial charge in [0.15, 0.2) is 0 Å². The fourth-order valence-corrected chi connectivity index (χ4v) is 6.37. The molecule has 1 saturated carbocycles. The third kappa shape index (κ3) is 5.30. The van der Waals surface area contributed by atoms with Crippen LogP contribution < -0.4 is 17.0 Å². The van der Waals surface area contributed by atoms with E-state index in [1.807, 2.05) is 0 Å². The van der Waals surface area contributed by atoms with E-state index in [1.165, 1.54) is 29.8 Å². The Kier molecular flexibility index (Phi) is 8.52. The molecule has 1 amide bonds. The van der Waals surface area contributed by atoms with Crippen LogP contribution in [0.25, 0.3) is 15.2 Å². The van der Waals surface area contributed by atoms with Crippen molar-refractivity contribution in [3.63, 3.8) is 0 Å². The van der Waals surface area contributed by atoms with Crippen molar-refractivity contribution < 1.29 is 19.4 Å². The van der Waals surface area contributed by atoms with Gasteiger partial charge in [-0.2, -0.15) is 5.10 Å². The van der Waals surface area contributed by atoms with Crippen molar-refractivity contribution in [1.29, 1.82) is 0 Å². The fraction of sp³-hybridized carbons (Fsp3) is 0.500. The number of allylic oxidation sites excluding steroid dienone is 1. The Morgan fingerprint density at radius 1 is 1.32 bits per heavy atom. The number of fused-ring (bicyclic) bond motifs is 1. The molecule has 1 aliphatic carbocycles. The molecule has 1 aliphatic rings. The predicted octanol–water partition coefficient (Wildman–Crippen LogP) is 2.73. The lowest BCUT2D eigenvalue weighted by molar-refractivity contribution is -0.125. The van der Waals surface area contributed by atoms with Crippen molar-refractivity contribution in [2.24, 2.45) is 5.73 Å². The number of nitrogens with zero attached hydrogens (tertiary/aromatic N) is 4. The van der Waals surface area contributed by atoms with Gasteiger partial charge in [0.25, 0.3) is 5.56 Å². The molecule has 216 valence electrons. The number of hydrogen-bond donors (Lipinski definition) is 2. The van der Waals surface area contributed by atoms with E-state index in [0.29, 0.717) is 57.8 Å². The fourth-order valence-electron chi connectivity index (χ4n) is 5.12. The van der Waals surface area contributed by atoms with E-state index in [9.17, 15) is 19.5 Å². The van der Waals surface area contributed by atoms with Crippen LogP contribution >= 0.6 is 11.3 Å². The summed E-state index contributed by atoms with van der Waals surface area (Å²) in [4.78, 5) is 40.9. The lowest BCUT2D eigenvalue weighted by atomic mass is 9.94. The second kappa shape index (κ2) is 11.6. The maximum Gasteiger partial charge on any atom is 0.333 e. The zero-order chi connectivity index (χ0) is 29.4. The number of carbonyl (C=O) groups excluding carboxylic acids is 1. The number of amides is 1. The molecule has 0 aliphatic heterocycles. The zero-order valence-electron chi connectivity index (χ0n) is 23.5. The average molecular weight is 572 g/mol. The highest BCUT2D eigenvalue weighted by Gasteiger charge is 2.35. The van der Waals surface area contributed by atoms with Crippen molar-refractivity contribution in [2.75, 3.05) is 7.11 Å². The van der Waals surface area contributed by atoms with E-state index < -0.39 is 28.8 Å². The Labute approximate surface area is 236 Å². The molecule has 4 rings (SSSR count). The molecule has 40 heavy (non-hydrogen) atoms. The first-order chi connectivity index (χ1) is 18.9. The molecule has 1 fully saturated rings. The molecule has 1 atom stereocenters. The summed E-state index contributed by atoms with van der Waals surface area (Å²) in [5.74, 6) is -0.237. The number of thiophene rings is 1. The van der Waals surface area contributed by atoms with Gasteiger partial charge in [0.2, 0.25) is 5.91 Å². The number of nitrogens with two attached hydrogens (primary N) is 1. The number of aliphatic hydroxyl groups excluding tert-OH is 1. The van der Waals surface area contributed by atoms with Crippen LogP contribution in [0.3, 0.4) is 0 Å². The van der Waals surface area contributed by atoms with Crippen LogP contribution in [-0.4, -0.2) is 55.4 Å². The Morgan fingerprint density at radius 3 is 2.55 bits per heavy atom. The maximum atomic E-state index is 14.1. The van der Waals surface area contributed by atoms with Crippen LogP contribution in [-0.2, 0) is 26.4 Å². The molecule has 0 radical (unpaired) electrons. The van der Waals surface area contributed by atoms with Crippen LogP contribution in [0.2, 0.25) is 0 Å². The molecule has 3 heterocycles. The molecule has 0 bridgehead atoms. The van der Waals surface area contributed by atoms with Gasteiger partial charge in [-0.3, -0.25) is 14.2 Å². The Morgan fingerprint density at radius 2 is 2.00 bits per heavy atom. The minimum atomic E-state index is -1.60. The second-order valence-electron chi connectivity index (χ2n) is 10.6. The number of hydrogen-bond acceptors (Lipinski definition) is 8. The van der Waals surface area contributed by atoms with E-state index in [0.717, 1.165) is 4.57 Å². The van der Waals surface area contributed by atoms with Gasteiger partial charge in [0.1, 0.15) is 21.5 Å². The van der Waals surface area contributed by atoms with Gasteiger partial charge >= 0.3 is 5.69 Å². The summed E-state index contributed by atoms with van der Waals surface area (Å²) in [7, 11) is 1.55. The molecule has 11 nitrogen and oxygen atoms in total. The Bertz CT molecular complexity index is 1550. The molecule has 3 N–H and O–H groups in total. The molecular weight excluding hydrogens is 534 g/mol. The Balaban J connectivity index is 1.98.